The zero-order valence-corrected chi connectivity index (χ0v) is 10.9. The first-order chi connectivity index (χ1) is 8.72. The van der Waals surface area contributed by atoms with E-state index in [9.17, 15) is 4.39 Å². The van der Waals surface area contributed by atoms with Gasteiger partial charge in [0.25, 0.3) is 0 Å². The smallest absolute Gasteiger partial charge is 0.123 e. The van der Waals surface area contributed by atoms with Crippen LogP contribution in [0.15, 0.2) is 24.3 Å². The summed E-state index contributed by atoms with van der Waals surface area (Å²) in [6.07, 6.45) is 2.57. The maximum absolute atomic E-state index is 12.9. The summed E-state index contributed by atoms with van der Waals surface area (Å²) in [6, 6.07) is 7.80. The van der Waals surface area contributed by atoms with E-state index < -0.39 is 0 Å². The van der Waals surface area contributed by atoms with Gasteiger partial charge < -0.3 is 10.2 Å². The van der Waals surface area contributed by atoms with Gasteiger partial charge in [-0.15, -0.1) is 0 Å². The quantitative estimate of drug-likeness (QED) is 0.884. The van der Waals surface area contributed by atoms with Crippen LogP contribution in [0.5, 0.6) is 0 Å². The van der Waals surface area contributed by atoms with Crippen LogP contribution in [0, 0.1) is 11.7 Å². The fourth-order valence-corrected chi connectivity index (χ4v) is 3.34. The Bertz CT molecular complexity index is 403. The van der Waals surface area contributed by atoms with E-state index in [4.69, 9.17) is 0 Å². The fourth-order valence-electron chi connectivity index (χ4n) is 3.34. The second-order valence-corrected chi connectivity index (χ2v) is 5.68. The number of nitrogens with one attached hydrogen (secondary N) is 1. The van der Waals surface area contributed by atoms with E-state index in [1.54, 1.807) is 12.1 Å². The van der Waals surface area contributed by atoms with Crippen LogP contribution in [0.1, 0.15) is 31.4 Å². The molecule has 18 heavy (non-hydrogen) atoms. The van der Waals surface area contributed by atoms with E-state index in [1.807, 2.05) is 12.1 Å². The first-order valence-corrected chi connectivity index (χ1v) is 6.96. The largest absolute Gasteiger partial charge is 0.307 e. The Morgan fingerprint density at radius 2 is 1.94 bits per heavy atom. The predicted octanol–water partition coefficient (Wildman–Crippen LogP) is 2.57. The highest BCUT2D eigenvalue weighted by Gasteiger charge is 2.34. The maximum Gasteiger partial charge on any atom is 0.123 e. The lowest BCUT2D eigenvalue weighted by Crippen LogP contribution is -2.44. The minimum absolute atomic E-state index is 0.157. The van der Waals surface area contributed by atoms with E-state index >= 15 is 0 Å². The first-order valence-electron chi connectivity index (χ1n) is 6.96. The van der Waals surface area contributed by atoms with Gasteiger partial charge in [-0.2, -0.15) is 0 Å². The average molecular weight is 248 g/mol. The molecule has 1 aromatic carbocycles. The monoisotopic (exact) mass is 248 g/mol. The van der Waals surface area contributed by atoms with Crippen molar-refractivity contribution in [3.8, 4) is 0 Å². The third-order valence-electron chi connectivity index (χ3n) is 4.47. The summed E-state index contributed by atoms with van der Waals surface area (Å²) in [5.74, 6) is 0.650. The molecule has 1 aromatic rings. The summed E-state index contributed by atoms with van der Waals surface area (Å²) in [5, 5.41) is 3.73. The van der Waals surface area contributed by atoms with E-state index in [0.29, 0.717) is 12.1 Å². The highest BCUT2D eigenvalue weighted by Crippen LogP contribution is 2.28. The van der Waals surface area contributed by atoms with Crippen LogP contribution in [0.4, 0.5) is 4.39 Å². The van der Waals surface area contributed by atoms with E-state index in [1.165, 1.54) is 38.0 Å². The number of hydrogen-bond donors (Lipinski definition) is 1. The Hall–Kier alpha value is -0.930. The Morgan fingerprint density at radius 1 is 1.22 bits per heavy atom. The molecule has 2 fully saturated rings. The predicted molar refractivity (Wildman–Crippen MR) is 70.9 cm³/mol. The average Bonchev–Trinajstić information content (AvgIpc) is 2.76. The van der Waals surface area contributed by atoms with Gasteiger partial charge in [-0.1, -0.05) is 12.1 Å². The number of rotatable bonds is 3. The van der Waals surface area contributed by atoms with Gasteiger partial charge in [-0.25, -0.2) is 4.39 Å². The van der Waals surface area contributed by atoms with Gasteiger partial charge in [-0.3, -0.25) is 0 Å². The molecule has 0 radical (unpaired) electrons. The molecule has 98 valence electrons. The maximum atomic E-state index is 12.9. The molecule has 4 unspecified atom stereocenters. The Labute approximate surface area is 108 Å². The van der Waals surface area contributed by atoms with Crippen molar-refractivity contribution in [2.45, 2.75) is 31.8 Å². The summed E-state index contributed by atoms with van der Waals surface area (Å²) in [4.78, 5) is 2.56. The molecule has 2 saturated heterocycles. The minimum atomic E-state index is -0.157. The van der Waals surface area contributed by atoms with Crippen LogP contribution < -0.4 is 5.32 Å². The molecule has 3 heteroatoms. The number of benzene rings is 1. The molecule has 0 aromatic heterocycles. The third-order valence-corrected chi connectivity index (χ3v) is 4.47. The molecule has 2 aliphatic heterocycles. The third kappa shape index (κ3) is 2.43. The van der Waals surface area contributed by atoms with Crippen LogP contribution in [0.3, 0.4) is 0 Å². The van der Waals surface area contributed by atoms with Crippen LogP contribution in [-0.4, -0.2) is 30.6 Å². The number of fused-ring (bicyclic) bond motifs is 2. The molecule has 2 nitrogen and oxygen atoms in total. The topological polar surface area (TPSA) is 15.3 Å². The van der Waals surface area contributed by atoms with Crippen LogP contribution >= 0.6 is 0 Å². The van der Waals surface area contributed by atoms with Gasteiger partial charge in [0.15, 0.2) is 0 Å². The molecule has 2 heterocycles. The van der Waals surface area contributed by atoms with E-state index in [-0.39, 0.29) is 5.82 Å². The molecule has 0 aliphatic carbocycles. The SMILES string of the molecule is CC(NC1CCN2CCC1C2)c1ccc(F)cc1. The van der Waals surface area contributed by atoms with Gasteiger partial charge in [0.1, 0.15) is 5.82 Å². The highest BCUT2D eigenvalue weighted by atomic mass is 19.1. The second kappa shape index (κ2) is 4.98. The van der Waals surface area contributed by atoms with E-state index in [2.05, 4.69) is 17.1 Å². The molecule has 0 spiro atoms. The zero-order chi connectivity index (χ0) is 12.5. The summed E-state index contributed by atoms with van der Waals surface area (Å²) < 4.78 is 12.9. The second-order valence-electron chi connectivity index (χ2n) is 5.68. The normalized spacial score (nSPS) is 32.4. The lowest BCUT2D eigenvalue weighted by atomic mass is 9.93. The van der Waals surface area contributed by atoms with Gasteiger partial charge >= 0.3 is 0 Å². The molecule has 0 saturated carbocycles. The molecule has 4 atom stereocenters. The molecule has 2 bridgehead atoms. The molecule has 3 rings (SSSR count). The Kier molecular flexibility index (Phi) is 3.35. The van der Waals surface area contributed by atoms with Crippen molar-refractivity contribution in [1.82, 2.24) is 10.2 Å². The van der Waals surface area contributed by atoms with Gasteiger partial charge in [-0.05, 0) is 56.5 Å². The van der Waals surface area contributed by atoms with Gasteiger partial charge in [0.05, 0.1) is 0 Å². The number of piperidine rings is 1. The van der Waals surface area contributed by atoms with Crippen LogP contribution in [0.2, 0.25) is 0 Å². The molecule has 1 N–H and O–H groups in total. The zero-order valence-electron chi connectivity index (χ0n) is 10.9. The van der Waals surface area contributed by atoms with Crippen molar-refractivity contribution in [3.63, 3.8) is 0 Å². The number of halogens is 1. The van der Waals surface area contributed by atoms with Crippen molar-refractivity contribution >= 4 is 0 Å². The molecule has 0 amide bonds. The fraction of sp³-hybridized carbons (Fsp3) is 0.600. The van der Waals surface area contributed by atoms with Crippen LogP contribution in [0.25, 0.3) is 0 Å². The summed E-state index contributed by atoms with van der Waals surface area (Å²) in [5.41, 5.74) is 1.18. The Balaban J connectivity index is 1.63. The van der Waals surface area contributed by atoms with Gasteiger partial charge in [0, 0.05) is 18.6 Å². The molecular formula is C15H21FN2. The summed E-state index contributed by atoms with van der Waals surface area (Å²) >= 11 is 0. The number of nitrogens with zero attached hydrogens (tertiary/aromatic N) is 1. The summed E-state index contributed by atoms with van der Waals surface area (Å²) in [7, 11) is 0. The highest BCUT2D eigenvalue weighted by molar-refractivity contribution is 5.19. The van der Waals surface area contributed by atoms with Gasteiger partial charge in [0.2, 0.25) is 0 Å². The van der Waals surface area contributed by atoms with Crippen molar-refractivity contribution in [3.05, 3.63) is 35.6 Å². The molecule has 2 aliphatic rings. The van der Waals surface area contributed by atoms with Crippen molar-refractivity contribution in [2.75, 3.05) is 19.6 Å². The van der Waals surface area contributed by atoms with Crippen molar-refractivity contribution in [1.29, 1.82) is 0 Å². The lowest BCUT2D eigenvalue weighted by Gasteiger charge is -2.33. The van der Waals surface area contributed by atoms with Crippen LogP contribution in [-0.2, 0) is 0 Å². The van der Waals surface area contributed by atoms with Crippen molar-refractivity contribution in [2.24, 2.45) is 5.92 Å². The minimum Gasteiger partial charge on any atom is -0.307 e. The summed E-state index contributed by atoms with van der Waals surface area (Å²) in [6.45, 7) is 5.93. The Morgan fingerprint density at radius 3 is 2.72 bits per heavy atom. The first kappa shape index (κ1) is 12.1. The molecular weight excluding hydrogens is 227 g/mol. The standard InChI is InChI=1S/C15H21FN2/c1-11(12-2-4-14(16)5-3-12)17-15-7-9-18-8-6-13(15)10-18/h2-5,11,13,15,17H,6-10H2,1H3. The van der Waals surface area contributed by atoms with Crippen molar-refractivity contribution < 1.29 is 4.39 Å². The number of hydrogen-bond acceptors (Lipinski definition) is 2. The lowest BCUT2D eigenvalue weighted by molar-refractivity contribution is 0.212. The van der Waals surface area contributed by atoms with E-state index in [0.717, 1.165) is 5.92 Å².